The van der Waals surface area contributed by atoms with Crippen molar-refractivity contribution in [2.75, 3.05) is 0 Å². The maximum absolute atomic E-state index is 10.9. The monoisotopic (exact) mass is 234 g/mol. The normalized spacial score (nSPS) is 12.4. The summed E-state index contributed by atoms with van der Waals surface area (Å²) in [6.07, 6.45) is 1.67. The van der Waals surface area contributed by atoms with Crippen LogP contribution in [0.2, 0.25) is 0 Å². The van der Waals surface area contributed by atoms with Gasteiger partial charge in [0, 0.05) is 11.8 Å². The topological polar surface area (TPSA) is 63.1 Å². The second kappa shape index (κ2) is 4.51. The quantitative estimate of drug-likeness (QED) is 0.807. The highest BCUT2D eigenvalue weighted by molar-refractivity contribution is 7.79. The van der Waals surface area contributed by atoms with Crippen molar-refractivity contribution in [1.82, 2.24) is 9.97 Å². The maximum atomic E-state index is 10.9. The van der Waals surface area contributed by atoms with E-state index in [0.29, 0.717) is 10.7 Å². The molecule has 82 valence electrons. The predicted molar refractivity (Wildman–Crippen MR) is 61.2 cm³/mol. The van der Waals surface area contributed by atoms with Gasteiger partial charge in [-0.15, -0.1) is 0 Å². The van der Waals surface area contributed by atoms with Crippen molar-refractivity contribution in [1.29, 1.82) is 0 Å². The standard InChI is InChI=1S/C11H10N2O2S/c1-8-12-6-5-11(13-8)9-3-2-4-10(7-9)16(14)15/h2-7H,1H3,(H,14,15). The first-order valence-corrected chi connectivity index (χ1v) is 5.78. The summed E-state index contributed by atoms with van der Waals surface area (Å²) in [5.41, 5.74) is 1.56. The van der Waals surface area contributed by atoms with E-state index in [9.17, 15) is 4.21 Å². The van der Waals surface area contributed by atoms with Crippen molar-refractivity contribution < 1.29 is 8.76 Å². The van der Waals surface area contributed by atoms with Crippen molar-refractivity contribution in [3.63, 3.8) is 0 Å². The van der Waals surface area contributed by atoms with Crippen molar-refractivity contribution in [2.45, 2.75) is 11.8 Å². The molecule has 1 aromatic carbocycles. The van der Waals surface area contributed by atoms with E-state index in [0.717, 1.165) is 11.3 Å². The summed E-state index contributed by atoms with van der Waals surface area (Å²) in [6, 6.07) is 8.60. The summed E-state index contributed by atoms with van der Waals surface area (Å²) < 4.78 is 19.9. The summed E-state index contributed by atoms with van der Waals surface area (Å²) in [7, 11) is 0. The van der Waals surface area contributed by atoms with Crippen molar-refractivity contribution in [2.24, 2.45) is 0 Å². The van der Waals surface area contributed by atoms with Gasteiger partial charge in [0.25, 0.3) is 0 Å². The van der Waals surface area contributed by atoms with E-state index in [4.69, 9.17) is 4.55 Å². The van der Waals surface area contributed by atoms with E-state index in [-0.39, 0.29) is 0 Å². The Morgan fingerprint density at radius 2 is 2.12 bits per heavy atom. The number of nitrogens with zero attached hydrogens (tertiary/aromatic N) is 2. The van der Waals surface area contributed by atoms with E-state index < -0.39 is 11.1 Å². The summed E-state index contributed by atoms with van der Waals surface area (Å²) in [5.74, 6) is 0.674. The Kier molecular flexibility index (Phi) is 3.07. The number of aromatic nitrogens is 2. The van der Waals surface area contributed by atoms with Crippen LogP contribution in [0, 0.1) is 6.92 Å². The molecule has 1 N–H and O–H groups in total. The minimum Gasteiger partial charge on any atom is -0.302 e. The Labute approximate surface area is 95.7 Å². The molecule has 0 fully saturated rings. The minimum atomic E-state index is -1.96. The lowest BCUT2D eigenvalue weighted by molar-refractivity contribution is 0.564. The first-order chi connectivity index (χ1) is 7.66. The first kappa shape index (κ1) is 10.9. The molecule has 0 saturated carbocycles. The van der Waals surface area contributed by atoms with Crippen molar-refractivity contribution in [3.05, 3.63) is 42.4 Å². The van der Waals surface area contributed by atoms with Crippen LogP contribution in [0.15, 0.2) is 41.4 Å². The van der Waals surface area contributed by atoms with Gasteiger partial charge in [-0.1, -0.05) is 12.1 Å². The number of aryl methyl sites for hydroxylation is 1. The van der Waals surface area contributed by atoms with Crippen LogP contribution in [0.5, 0.6) is 0 Å². The smallest absolute Gasteiger partial charge is 0.186 e. The minimum absolute atomic E-state index is 0.369. The highest BCUT2D eigenvalue weighted by Gasteiger charge is 2.04. The molecule has 16 heavy (non-hydrogen) atoms. The third kappa shape index (κ3) is 2.32. The third-order valence-electron chi connectivity index (χ3n) is 2.11. The zero-order chi connectivity index (χ0) is 11.5. The highest BCUT2D eigenvalue weighted by atomic mass is 32.2. The molecule has 1 unspecified atom stereocenters. The molecule has 5 heteroatoms. The van der Waals surface area contributed by atoms with Crippen LogP contribution in [0.25, 0.3) is 11.3 Å². The van der Waals surface area contributed by atoms with Gasteiger partial charge in [0.05, 0.1) is 10.6 Å². The molecule has 0 saturated heterocycles. The Balaban J connectivity index is 2.48. The number of hydrogen-bond acceptors (Lipinski definition) is 3. The molecule has 0 radical (unpaired) electrons. The lowest BCUT2D eigenvalue weighted by atomic mass is 10.1. The molecule has 1 aromatic heterocycles. The fraction of sp³-hybridized carbons (Fsp3) is 0.0909. The molecule has 2 aromatic rings. The molecule has 0 spiro atoms. The molecule has 2 rings (SSSR count). The van der Waals surface area contributed by atoms with Crippen LogP contribution in [-0.2, 0) is 11.1 Å². The molecule has 0 aliphatic rings. The zero-order valence-corrected chi connectivity index (χ0v) is 9.44. The van der Waals surface area contributed by atoms with Crippen LogP contribution in [0.4, 0.5) is 0 Å². The fourth-order valence-electron chi connectivity index (χ4n) is 1.38. The Hall–Kier alpha value is -1.59. The van der Waals surface area contributed by atoms with Crippen molar-refractivity contribution >= 4 is 11.1 Å². The van der Waals surface area contributed by atoms with Gasteiger partial charge in [-0.3, -0.25) is 0 Å². The van der Waals surface area contributed by atoms with Crippen LogP contribution in [-0.4, -0.2) is 18.7 Å². The van der Waals surface area contributed by atoms with Gasteiger partial charge in [0.1, 0.15) is 5.82 Å². The van der Waals surface area contributed by atoms with Gasteiger partial charge in [-0.25, -0.2) is 14.2 Å². The van der Waals surface area contributed by atoms with E-state index in [1.165, 1.54) is 0 Å². The Bertz CT molecular complexity index is 543. The zero-order valence-electron chi connectivity index (χ0n) is 8.62. The average Bonchev–Trinajstić information content (AvgIpc) is 2.29. The van der Waals surface area contributed by atoms with Gasteiger partial charge < -0.3 is 4.55 Å². The van der Waals surface area contributed by atoms with Crippen LogP contribution in [0.3, 0.4) is 0 Å². The second-order valence-corrected chi connectivity index (χ2v) is 4.24. The first-order valence-electron chi connectivity index (χ1n) is 4.68. The maximum Gasteiger partial charge on any atom is 0.186 e. The van der Waals surface area contributed by atoms with E-state index in [2.05, 4.69) is 9.97 Å². The average molecular weight is 234 g/mol. The molecule has 0 aliphatic heterocycles. The Morgan fingerprint density at radius 3 is 2.81 bits per heavy atom. The number of rotatable bonds is 2. The summed E-state index contributed by atoms with van der Waals surface area (Å²) >= 11 is -1.96. The Morgan fingerprint density at radius 1 is 1.31 bits per heavy atom. The largest absolute Gasteiger partial charge is 0.302 e. The SMILES string of the molecule is Cc1nccc(-c2cccc(S(=O)O)c2)n1. The van der Waals surface area contributed by atoms with E-state index >= 15 is 0 Å². The molecule has 0 bridgehead atoms. The van der Waals surface area contributed by atoms with Crippen LogP contribution < -0.4 is 0 Å². The third-order valence-corrected chi connectivity index (χ3v) is 2.76. The summed E-state index contributed by atoms with van der Waals surface area (Å²) in [6.45, 7) is 1.80. The van der Waals surface area contributed by atoms with Gasteiger partial charge in [-0.05, 0) is 25.1 Å². The van der Waals surface area contributed by atoms with E-state index in [1.54, 1.807) is 37.4 Å². The molecule has 1 atom stereocenters. The van der Waals surface area contributed by atoms with Gasteiger partial charge in [-0.2, -0.15) is 0 Å². The molecule has 4 nitrogen and oxygen atoms in total. The predicted octanol–water partition coefficient (Wildman–Crippen LogP) is 2.03. The van der Waals surface area contributed by atoms with E-state index in [1.807, 2.05) is 6.07 Å². The fourth-order valence-corrected chi connectivity index (χ4v) is 1.80. The van der Waals surface area contributed by atoms with Gasteiger partial charge in [0.2, 0.25) is 0 Å². The number of hydrogen-bond donors (Lipinski definition) is 1. The summed E-state index contributed by atoms with van der Waals surface area (Å²) in [5, 5.41) is 0. The molecule has 1 heterocycles. The lowest BCUT2D eigenvalue weighted by Crippen LogP contribution is -1.92. The summed E-state index contributed by atoms with van der Waals surface area (Å²) in [4.78, 5) is 8.62. The number of benzene rings is 1. The molecular weight excluding hydrogens is 224 g/mol. The van der Waals surface area contributed by atoms with Crippen LogP contribution >= 0.6 is 0 Å². The molecule has 0 amide bonds. The highest BCUT2D eigenvalue weighted by Crippen LogP contribution is 2.19. The molecular formula is C11H10N2O2S. The molecule has 0 aliphatic carbocycles. The lowest BCUT2D eigenvalue weighted by Gasteiger charge is -2.02. The van der Waals surface area contributed by atoms with Crippen molar-refractivity contribution in [3.8, 4) is 11.3 Å². The van der Waals surface area contributed by atoms with Gasteiger partial charge >= 0.3 is 0 Å². The van der Waals surface area contributed by atoms with Crippen LogP contribution in [0.1, 0.15) is 5.82 Å². The second-order valence-electron chi connectivity index (χ2n) is 3.27. The van der Waals surface area contributed by atoms with Gasteiger partial charge in [0.15, 0.2) is 11.1 Å².